The fourth-order valence-electron chi connectivity index (χ4n) is 0.405. The van der Waals surface area contributed by atoms with Gasteiger partial charge in [0.25, 0.3) is 0 Å². The predicted molar refractivity (Wildman–Crippen MR) is 43.7 cm³/mol. The molecule has 1 amide bonds. The Kier molecular flexibility index (Phi) is 6.43. The Bertz CT molecular complexity index is 176. The molecule has 12 heavy (non-hydrogen) atoms. The molecule has 1 aromatic rings. The summed E-state index contributed by atoms with van der Waals surface area (Å²) >= 11 is 0. The van der Waals surface area contributed by atoms with E-state index >= 15 is 0 Å². The first kappa shape index (κ1) is 10.3. The van der Waals surface area contributed by atoms with Crippen LogP contribution < -0.4 is 5.32 Å². The number of rotatable bonds is 1. The lowest BCUT2D eigenvalue weighted by atomic mass is 10.7. The van der Waals surface area contributed by atoms with E-state index in [2.05, 4.69) is 15.3 Å². The first-order valence-corrected chi connectivity index (χ1v) is 3.44. The van der Waals surface area contributed by atoms with Gasteiger partial charge in [-0.25, -0.2) is 14.8 Å². The van der Waals surface area contributed by atoms with Crippen LogP contribution in [0.3, 0.4) is 0 Å². The van der Waals surface area contributed by atoms with Gasteiger partial charge in [0.05, 0.1) is 0 Å². The molecule has 0 aliphatic carbocycles. The number of aromatic nitrogens is 2. The third kappa shape index (κ3) is 8.35. The Balaban J connectivity index is 0.000000202. The van der Waals surface area contributed by atoms with E-state index in [9.17, 15) is 4.79 Å². The van der Waals surface area contributed by atoms with Crippen molar-refractivity contribution in [3.8, 4) is 0 Å². The molecule has 5 heteroatoms. The van der Waals surface area contributed by atoms with E-state index < -0.39 is 6.09 Å². The summed E-state index contributed by atoms with van der Waals surface area (Å²) in [6.07, 6.45) is 3.91. The van der Waals surface area contributed by atoms with Crippen molar-refractivity contribution in [3.05, 3.63) is 24.8 Å². The minimum Gasteiger partial charge on any atom is -0.465 e. The zero-order chi connectivity index (χ0) is 9.23. The largest absolute Gasteiger partial charge is 0.465 e. The number of carbonyl (C=O) groups is 1. The highest BCUT2D eigenvalue weighted by Crippen LogP contribution is 1.66. The summed E-state index contributed by atoms with van der Waals surface area (Å²) in [5.41, 5.74) is 0. The molecule has 1 aromatic heterocycles. The summed E-state index contributed by atoms with van der Waals surface area (Å²) in [5, 5.41) is 9.93. The minimum absolute atomic E-state index is 0.481. The normalized spacial score (nSPS) is 7.75. The van der Waals surface area contributed by atoms with Gasteiger partial charge >= 0.3 is 6.09 Å². The zero-order valence-electron chi connectivity index (χ0n) is 6.77. The van der Waals surface area contributed by atoms with E-state index in [4.69, 9.17) is 5.11 Å². The predicted octanol–water partition coefficient (Wildman–Crippen LogP) is 0.751. The lowest BCUT2D eigenvalue weighted by molar-refractivity contribution is 0.195. The summed E-state index contributed by atoms with van der Waals surface area (Å²) in [7, 11) is 0. The second-order valence-electron chi connectivity index (χ2n) is 1.74. The smallest absolute Gasteiger partial charge is 0.404 e. The van der Waals surface area contributed by atoms with Gasteiger partial charge in [0, 0.05) is 18.9 Å². The molecule has 1 heterocycles. The molecular weight excluding hydrogens is 158 g/mol. The molecular formula is C7H11N3O2. The highest BCUT2D eigenvalue weighted by atomic mass is 16.4. The maximum Gasteiger partial charge on any atom is 0.404 e. The van der Waals surface area contributed by atoms with Crippen molar-refractivity contribution >= 4 is 6.09 Å². The summed E-state index contributed by atoms with van der Waals surface area (Å²) in [4.78, 5) is 16.8. The third-order valence-electron chi connectivity index (χ3n) is 0.806. The fourth-order valence-corrected chi connectivity index (χ4v) is 0.405. The van der Waals surface area contributed by atoms with Crippen LogP contribution in [0.1, 0.15) is 6.92 Å². The summed E-state index contributed by atoms with van der Waals surface area (Å²) in [5.74, 6) is 0. The number of nitrogens with one attached hydrogen (secondary N) is 1. The molecule has 0 unspecified atom stereocenters. The first-order chi connectivity index (χ1) is 5.77. The second-order valence-corrected chi connectivity index (χ2v) is 1.74. The Morgan fingerprint density at radius 3 is 2.17 bits per heavy atom. The van der Waals surface area contributed by atoms with Crippen LogP contribution in [0.25, 0.3) is 0 Å². The Hall–Kier alpha value is -1.65. The van der Waals surface area contributed by atoms with Crippen LogP contribution in [0.15, 0.2) is 24.8 Å². The van der Waals surface area contributed by atoms with Gasteiger partial charge in [0.2, 0.25) is 0 Å². The van der Waals surface area contributed by atoms with E-state index in [1.807, 2.05) is 0 Å². The van der Waals surface area contributed by atoms with Gasteiger partial charge in [0.1, 0.15) is 6.33 Å². The third-order valence-corrected chi connectivity index (χ3v) is 0.806. The van der Waals surface area contributed by atoms with Gasteiger partial charge in [-0.05, 0) is 13.0 Å². The molecule has 0 fully saturated rings. The van der Waals surface area contributed by atoms with Crippen molar-refractivity contribution in [2.45, 2.75) is 6.92 Å². The van der Waals surface area contributed by atoms with E-state index in [1.165, 1.54) is 6.33 Å². The van der Waals surface area contributed by atoms with Gasteiger partial charge in [-0.2, -0.15) is 0 Å². The topological polar surface area (TPSA) is 75.1 Å². The van der Waals surface area contributed by atoms with Crippen molar-refractivity contribution in [1.29, 1.82) is 0 Å². The van der Waals surface area contributed by atoms with Crippen LogP contribution in [0, 0.1) is 0 Å². The van der Waals surface area contributed by atoms with E-state index in [0.29, 0.717) is 6.54 Å². The highest BCUT2D eigenvalue weighted by molar-refractivity contribution is 5.64. The van der Waals surface area contributed by atoms with Crippen LogP contribution in [0.2, 0.25) is 0 Å². The van der Waals surface area contributed by atoms with Crippen molar-refractivity contribution in [3.63, 3.8) is 0 Å². The molecule has 0 spiro atoms. The number of nitrogens with zero attached hydrogens (tertiary/aromatic N) is 2. The number of amides is 1. The molecule has 0 saturated carbocycles. The molecule has 5 nitrogen and oxygen atoms in total. The second kappa shape index (κ2) is 7.46. The molecule has 0 aliphatic rings. The molecule has 1 rings (SSSR count). The SMILES string of the molecule is CCNC(=O)O.c1cncnc1. The fraction of sp³-hybridized carbons (Fsp3) is 0.286. The van der Waals surface area contributed by atoms with Crippen LogP contribution in [-0.2, 0) is 0 Å². The van der Waals surface area contributed by atoms with Gasteiger partial charge in [-0.3, -0.25) is 0 Å². The van der Waals surface area contributed by atoms with Gasteiger partial charge in [-0.1, -0.05) is 0 Å². The van der Waals surface area contributed by atoms with Crippen LogP contribution in [0.5, 0.6) is 0 Å². The average Bonchev–Trinajstić information content (AvgIpc) is 2.08. The monoisotopic (exact) mass is 169 g/mol. The number of hydrogen-bond acceptors (Lipinski definition) is 3. The molecule has 0 atom stereocenters. The first-order valence-electron chi connectivity index (χ1n) is 3.44. The van der Waals surface area contributed by atoms with E-state index in [0.717, 1.165) is 0 Å². The molecule has 0 bridgehead atoms. The van der Waals surface area contributed by atoms with Crippen molar-refractivity contribution in [2.75, 3.05) is 6.54 Å². The lowest BCUT2D eigenvalue weighted by Gasteiger charge is -1.87. The molecule has 0 radical (unpaired) electrons. The van der Waals surface area contributed by atoms with E-state index in [1.54, 1.807) is 25.4 Å². The number of hydrogen-bond donors (Lipinski definition) is 2. The Labute approximate surface area is 70.5 Å². The molecule has 2 N–H and O–H groups in total. The van der Waals surface area contributed by atoms with Crippen LogP contribution in [-0.4, -0.2) is 27.7 Å². The van der Waals surface area contributed by atoms with E-state index in [-0.39, 0.29) is 0 Å². The maximum absolute atomic E-state index is 9.49. The molecule has 0 aliphatic heterocycles. The lowest BCUT2D eigenvalue weighted by Crippen LogP contribution is -2.19. The van der Waals surface area contributed by atoms with Crippen molar-refractivity contribution < 1.29 is 9.90 Å². The van der Waals surface area contributed by atoms with Crippen LogP contribution >= 0.6 is 0 Å². The molecule has 0 aromatic carbocycles. The number of carboxylic acid groups (broad SMARTS) is 1. The van der Waals surface area contributed by atoms with Gasteiger partial charge in [-0.15, -0.1) is 0 Å². The van der Waals surface area contributed by atoms with Crippen LogP contribution in [0.4, 0.5) is 4.79 Å². The van der Waals surface area contributed by atoms with Crippen molar-refractivity contribution in [2.24, 2.45) is 0 Å². The zero-order valence-corrected chi connectivity index (χ0v) is 6.77. The minimum atomic E-state index is -0.961. The standard InChI is InChI=1S/C4H4N2.C3H7NO2/c1-2-5-4-6-3-1;1-2-4-3(5)6/h1-4H;4H,2H2,1H3,(H,5,6). The Morgan fingerprint density at radius 1 is 1.50 bits per heavy atom. The quantitative estimate of drug-likeness (QED) is 0.650. The molecule has 0 saturated heterocycles. The summed E-state index contributed by atoms with van der Waals surface area (Å²) < 4.78 is 0. The maximum atomic E-state index is 9.49. The highest BCUT2D eigenvalue weighted by Gasteiger charge is 1.82. The average molecular weight is 169 g/mol. The summed E-state index contributed by atoms with van der Waals surface area (Å²) in [6.45, 7) is 2.21. The Morgan fingerprint density at radius 2 is 2.08 bits per heavy atom. The van der Waals surface area contributed by atoms with Gasteiger partial charge in [0.15, 0.2) is 0 Å². The molecule has 66 valence electrons. The van der Waals surface area contributed by atoms with Crippen molar-refractivity contribution in [1.82, 2.24) is 15.3 Å². The summed E-state index contributed by atoms with van der Waals surface area (Å²) in [6, 6.07) is 1.78. The van der Waals surface area contributed by atoms with Gasteiger partial charge < -0.3 is 10.4 Å².